The normalized spacial score (nSPS) is 11.1. The van der Waals surface area contributed by atoms with E-state index in [1.807, 2.05) is 7.05 Å². The molecule has 0 unspecified atom stereocenters. The topological polar surface area (TPSA) is 21.3 Å². The Morgan fingerprint density at radius 3 is 2.46 bits per heavy atom. The molecule has 80 valence electrons. The Balaban J connectivity index is 2.84. The van der Waals surface area contributed by atoms with Crippen molar-refractivity contribution in [2.45, 2.75) is 32.1 Å². The maximum Gasteiger partial charge on any atom is 0.261 e. The lowest BCUT2D eigenvalue weighted by Crippen LogP contribution is -2.07. The molecule has 0 amide bonds. The molecule has 0 aromatic heterocycles. The molecule has 0 aliphatic rings. The van der Waals surface area contributed by atoms with Crippen LogP contribution in [0.3, 0.4) is 0 Å². The van der Waals surface area contributed by atoms with Gasteiger partial charge in [0.2, 0.25) is 0 Å². The largest absolute Gasteiger partial charge is 0.376 e. The predicted molar refractivity (Wildman–Crippen MR) is 49.2 cm³/mol. The van der Waals surface area contributed by atoms with Crippen LogP contribution >= 0.6 is 0 Å². The number of hydrogen-bond acceptors (Lipinski definition) is 2. The third-order valence-electron chi connectivity index (χ3n) is 1.71. The van der Waals surface area contributed by atoms with E-state index in [9.17, 15) is 8.78 Å². The van der Waals surface area contributed by atoms with Crippen LogP contribution in [0.5, 0.6) is 0 Å². The minimum atomic E-state index is -2.33. The molecule has 0 aromatic carbocycles. The van der Waals surface area contributed by atoms with Gasteiger partial charge in [-0.05, 0) is 26.4 Å². The van der Waals surface area contributed by atoms with Crippen LogP contribution in [0.2, 0.25) is 0 Å². The first-order chi connectivity index (χ1) is 6.27. The molecule has 0 rings (SSSR count). The molecule has 0 saturated carbocycles. The maximum absolute atomic E-state index is 11.6. The van der Waals surface area contributed by atoms with Gasteiger partial charge in [-0.2, -0.15) is 0 Å². The molecule has 0 saturated heterocycles. The molecule has 2 nitrogen and oxygen atoms in total. The Kier molecular flexibility index (Phi) is 9.70. The fourth-order valence-electron chi connectivity index (χ4n) is 1.03. The maximum atomic E-state index is 11.6. The molecule has 13 heavy (non-hydrogen) atoms. The Hall–Kier alpha value is -0.220. The second-order valence-electron chi connectivity index (χ2n) is 2.98. The van der Waals surface area contributed by atoms with Gasteiger partial charge in [-0.1, -0.05) is 12.8 Å². The zero-order chi connectivity index (χ0) is 9.94. The van der Waals surface area contributed by atoms with Crippen molar-refractivity contribution >= 4 is 0 Å². The molecule has 0 aliphatic carbocycles. The number of rotatable bonds is 9. The van der Waals surface area contributed by atoms with Crippen molar-refractivity contribution in [3.05, 3.63) is 0 Å². The van der Waals surface area contributed by atoms with E-state index in [4.69, 9.17) is 4.74 Å². The molecule has 0 aliphatic heterocycles. The molecule has 4 heteroatoms. The lowest BCUT2D eigenvalue weighted by molar-refractivity contribution is 0.0162. The van der Waals surface area contributed by atoms with Crippen LogP contribution in [0.15, 0.2) is 0 Å². The van der Waals surface area contributed by atoms with Gasteiger partial charge in [-0.15, -0.1) is 0 Å². The molecule has 0 heterocycles. The van der Waals surface area contributed by atoms with Gasteiger partial charge < -0.3 is 10.1 Å². The van der Waals surface area contributed by atoms with Gasteiger partial charge in [0.1, 0.15) is 6.61 Å². The number of hydrogen-bond donors (Lipinski definition) is 1. The minimum absolute atomic E-state index is 0.420. The van der Waals surface area contributed by atoms with Crippen LogP contribution in [0, 0.1) is 0 Å². The van der Waals surface area contributed by atoms with Crippen LogP contribution in [0.25, 0.3) is 0 Å². The second-order valence-corrected chi connectivity index (χ2v) is 2.98. The summed E-state index contributed by atoms with van der Waals surface area (Å²) in [6.45, 7) is 1.07. The monoisotopic (exact) mass is 195 g/mol. The zero-order valence-electron chi connectivity index (χ0n) is 8.19. The average molecular weight is 195 g/mol. The molecule has 0 fully saturated rings. The number of unbranched alkanes of at least 4 members (excludes halogenated alkanes) is 3. The first kappa shape index (κ1) is 12.8. The highest BCUT2D eigenvalue weighted by atomic mass is 19.3. The van der Waals surface area contributed by atoms with Crippen LogP contribution in [-0.4, -0.2) is 33.2 Å². The number of nitrogens with one attached hydrogen (secondary N) is 1. The standard InChI is InChI=1S/C9H19F2NO/c1-12-6-4-2-3-5-7-13-8-9(10)11/h9,12H,2-8H2,1H3. The van der Waals surface area contributed by atoms with Crippen LogP contribution < -0.4 is 5.32 Å². The Morgan fingerprint density at radius 1 is 1.15 bits per heavy atom. The van der Waals surface area contributed by atoms with Gasteiger partial charge in [0.15, 0.2) is 0 Å². The van der Waals surface area contributed by atoms with Crippen molar-refractivity contribution in [1.29, 1.82) is 0 Å². The fraction of sp³-hybridized carbons (Fsp3) is 1.00. The number of halogens is 2. The molecule has 0 radical (unpaired) electrons. The van der Waals surface area contributed by atoms with Gasteiger partial charge in [0.25, 0.3) is 6.43 Å². The Labute approximate surface area is 78.7 Å². The summed E-state index contributed by atoms with van der Waals surface area (Å²) in [4.78, 5) is 0. The van der Waals surface area contributed by atoms with Crippen molar-refractivity contribution in [2.75, 3.05) is 26.8 Å². The van der Waals surface area contributed by atoms with E-state index in [-0.39, 0.29) is 0 Å². The number of ether oxygens (including phenoxy) is 1. The molecule has 0 spiro atoms. The summed E-state index contributed by atoms with van der Waals surface area (Å²) in [6, 6.07) is 0. The smallest absolute Gasteiger partial charge is 0.261 e. The lowest BCUT2D eigenvalue weighted by atomic mass is 10.2. The first-order valence-corrected chi connectivity index (χ1v) is 4.78. The first-order valence-electron chi connectivity index (χ1n) is 4.78. The Bertz CT molecular complexity index is 102. The molecule has 0 atom stereocenters. The van der Waals surface area contributed by atoms with E-state index in [1.54, 1.807) is 0 Å². The fourth-order valence-corrected chi connectivity index (χ4v) is 1.03. The summed E-state index contributed by atoms with van der Waals surface area (Å²) in [5.41, 5.74) is 0. The summed E-state index contributed by atoms with van der Waals surface area (Å²) in [6.07, 6.45) is 1.90. The van der Waals surface area contributed by atoms with Gasteiger partial charge in [0, 0.05) is 6.61 Å². The third kappa shape index (κ3) is 11.8. The van der Waals surface area contributed by atoms with Gasteiger partial charge in [-0.25, -0.2) is 8.78 Å². The van der Waals surface area contributed by atoms with Crippen LogP contribution in [-0.2, 0) is 4.74 Å². The van der Waals surface area contributed by atoms with Crippen molar-refractivity contribution < 1.29 is 13.5 Å². The highest BCUT2D eigenvalue weighted by molar-refractivity contribution is 4.45. The molecular weight excluding hydrogens is 176 g/mol. The van der Waals surface area contributed by atoms with E-state index in [1.165, 1.54) is 0 Å². The highest BCUT2D eigenvalue weighted by Gasteiger charge is 2.00. The van der Waals surface area contributed by atoms with Crippen molar-refractivity contribution in [2.24, 2.45) is 0 Å². The quantitative estimate of drug-likeness (QED) is 0.568. The van der Waals surface area contributed by atoms with Crippen LogP contribution in [0.4, 0.5) is 8.78 Å². The minimum Gasteiger partial charge on any atom is -0.376 e. The van der Waals surface area contributed by atoms with Gasteiger partial charge in [-0.3, -0.25) is 0 Å². The van der Waals surface area contributed by atoms with Gasteiger partial charge >= 0.3 is 0 Å². The number of alkyl halides is 2. The lowest BCUT2D eigenvalue weighted by Gasteiger charge is -2.03. The summed E-state index contributed by atoms with van der Waals surface area (Å²) < 4.78 is 27.9. The zero-order valence-corrected chi connectivity index (χ0v) is 8.19. The van der Waals surface area contributed by atoms with E-state index in [0.717, 1.165) is 32.2 Å². The van der Waals surface area contributed by atoms with Gasteiger partial charge in [0.05, 0.1) is 0 Å². The summed E-state index contributed by atoms with van der Waals surface area (Å²) in [7, 11) is 1.92. The molecule has 0 bridgehead atoms. The molecule has 0 aromatic rings. The molecule has 1 N–H and O–H groups in total. The van der Waals surface area contributed by atoms with Crippen molar-refractivity contribution in [3.63, 3.8) is 0 Å². The summed E-state index contributed by atoms with van der Waals surface area (Å²) in [5, 5.41) is 3.05. The summed E-state index contributed by atoms with van der Waals surface area (Å²) in [5.74, 6) is 0. The average Bonchev–Trinajstić information content (AvgIpc) is 2.09. The van der Waals surface area contributed by atoms with E-state index < -0.39 is 13.0 Å². The SMILES string of the molecule is CNCCCCCCOCC(F)F. The van der Waals surface area contributed by atoms with E-state index >= 15 is 0 Å². The summed E-state index contributed by atoms with van der Waals surface area (Å²) >= 11 is 0. The second kappa shape index (κ2) is 9.86. The highest BCUT2D eigenvalue weighted by Crippen LogP contribution is 2.00. The van der Waals surface area contributed by atoms with Crippen molar-refractivity contribution in [1.82, 2.24) is 5.32 Å². The Morgan fingerprint density at radius 2 is 1.85 bits per heavy atom. The van der Waals surface area contributed by atoms with E-state index in [2.05, 4.69) is 5.32 Å². The van der Waals surface area contributed by atoms with E-state index in [0.29, 0.717) is 6.61 Å². The van der Waals surface area contributed by atoms with Crippen LogP contribution in [0.1, 0.15) is 25.7 Å². The molecular formula is C9H19F2NO. The predicted octanol–water partition coefficient (Wildman–Crippen LogP) is 2.05. The van der Waals surface area contributed by atoms with Crippen molar-refractivity contribution in [3.8, 4) is 0 Å². The third-order valence-corrected chi connectivity index (χ3v) is 1.71.